The second-order valence-corrected chi connectivity index (χ2v) is 11.7. The van der Waals surface area contributed by atoms with Crippen LogP contribution in [0.3, 0.4) is 0 Å². The van der Waals surface area contributed by atoms with Crippen LogP contribution in [0.5, 0.6) is 0 Å². The number of rotatable bonds is 7. The molecule has 36 heavy (non-hydrogen) atoms. The molecular weight excluding hydrogens is 476 g/mol. The zero-order valence-corrected chi connectivity index (χ0v) is 23.2. The topological polar surface area (TPSA) is 69.5 Å². The highest BCUT2D eigenvalue weighted by Crippen LogP contribution is 2.37. The van der Waals surface area contributed by atoms with Gasteiger partial charge in [0.15, 0.2) is 5.82 Å². The number of ether oxygens (including phenoxy) is 2. The van der Waals surface area contributed by atoms with E-state index in [1.807, 2.05) is 39.0 Å². The standard InChI is InChI=1S/C28H41ClN4O3/c1-6-8-22(9-7-2)35-23-13-10-19(11-14-23)26-31-30-25-18-32(27(34)36-28(3,4)5)17-20-16-21(29)12-15-24(20)33(25)26/h12,15-16,19,22-23H,6-11,13-14,17-18H2,1-5H3/t19-,23-. The number of hydrogen-bond acceptors (Lipinski definition) is 5. The minimum Gasteiger partial charge on any atom is -0.444 e. The minimum atomic E-state index is -0.576. The van der Waals surface area contributed by atoms with E-state index in [1.54, 1.807) is 4.90 Å². The molecule has 1 aromatic carbocycles. The molecule has 198 valence electrons. The zero-order valence-electron chi connectivity index (χ0n) is 22.4. The van der Waals surface area contributed by atoms with Crippen LogP contribution in [0.2, 0.25) is 5.02 Å². The smallest absolute Gasteiger partial charge is 0.411 e. The molecule has 0 unspecified atom stereocenters. The summed E-state index contributed by atoms with van der Waals surface area (Å²) in [6.07, 6.45) is 9.05. The summed E-state index contributed by atoms with van der Waals surface area (Å²) in [5, 5.41) is 9.86. The number of nitrogens with zero attached hydrogens (tertiary/aromatic N) is 4. The molecule has 1 aromatic heterocycles. The van der Waals surface area contributed by atoms with E-state index in [-0.39, 0.29) is 6.09 Å². The fourth-order valence-corrected chi connectivity index (χ4v) is 5.59. The van der Waals surface area contributed by atoms with Crippen molar-refractivity contribution >= 4 is 17.7 Å². The summed E-state index contributed by atoms with van der Waals surface area (Å²) >= 11 is 6.37. The van der Waals surface area contributed by atoms with Gasteiger partial charge in [-0.3, -0.25) is 9.47 Å². The number of hydrogen-bond donors (Lipinski definition) is 0. The molecule has 2 heterocycles. The third-order valence-corrected chi connectivity index (χ3v) is 7.26. The van der Waals surface area contributed by atoms with E-state index in [4.69, 9.17) is 21.1 Å². The Labute approximate surface area is 220 Å². The van der Waals surface area contributed by atoms with Crippen LogP contribution in [-0.2, 0) is 22.6 Å². The summed E-state index contributed by atoms with van der Waals surface area (Å²) < 4.78 is 14.3. The van der Waals surface area contributed by atoms with Crippen molar-refractivity contribution in [3.05, 3.63) is 40.4 Å². The Morgan fingerprint density at radius 1 is 1.08 bits per heavy atom. The van der Waals surface area contributed by atoms with Crippen molar-refractivity contribution in [1.82, 2.24) is 19.7 Å². The lowest BCUT2D eigenvalue weighted by molar-refractivity contribution is -0.0400. The Balaban J connectivity index is 1.55. The highest BCUT2D eigenvalue weighted by atomic mass is 35.5. The fraction of sp³-hybridized carbons (Fsp3) is 0.679. The van der Waals surface area contributed by atoms with Gasteiger partial charge in [-0.25, -0.2) is 4.79 Å². The van der Waals surface area contributed by atoms with Gasteiger partial charge in [0.25, 0.3) is 0 Å². The van der Waals surface area contributed by atoms with E-state index in [0.717, 1.165) is 74.3 Å². The molecule has 1 aliphatic heterocycles. The van der Waals surface area contributed by atoms with Crippen molar-refractivity contribution in [3.8, 4) is 5.69 Å². The molecule has 8 heteroatoms. The maximum absolute atomic E-state index is 13.0. The van der Waals surface area contributed by atoms with Crippen molar-refractivity contribution in [3.63, 3.8) is 0 Å². The van der Waals surface area contributed by atoms with Crippen molar-refractivity contribution in [2.75, 3.05) is 0 Å². The van der Waals surface area contributed by atoms with Crippen molar-refractivity contribution < 1.29 is 14.3 Å². The predicted octanol–water partition coefficient (Wildman–Crippen LogP) is 7.18. The van der Waals surface area contributed by atoms with Gasteiger partial charge in [-0.2, -0.15) is 0 Å². The van der Waals surface area contributed by atoms with E-state index in [0.29, 0.717) is 36.2 Å². The van der Waals surface area contributed by atoms with Gasteiger partial charge in [0.2, 0.25) is 0 Å². The Hall–Kier alpha value is -2.12. The number of halogens is 1. The van der Waals surface area contributed by atoms with Crippen LogP contribution in [-0.4, -0.2) is 43.6 Å². The third kappa shape index (κ3) is 6.41. The number of aromatic nitrogens is 3. The first-order valence-electron chi connectivity index (χ1n) is 13.5. The molecule has 2 aliphatic rings. The second kappa shape index (κ2) is 11.5. The van der Waals surface area contributed by atoms with Crippen molar-refractivity contribution in [2.24, 2.45) is 0 Å². The zero-order chi connectivity index (χ0) is 25.9. The maximum Gasteiger partial charge on any atom is 0.411 e. The first kappa shape index (κ1) is 26.9. The Morgan fingerprint density at radius 3 is 2.42 bits per heavy atom. The van der Waals surface area contributed by atoms with Crippen LogP contribution in [0.15, 0.2) is 18.2 Å². The SMILES string of the molecule is CCCC(CCC)O[C@H]1CC[C@H](c2nnc3n2-c2ccc(Cl)cc2CN(C(=O)OC(C)(C)C)C3)CC1. The Morgan fingerprint density at radius 2 is 1.78 bits per heavy atom. The highest BCUT2D eigenvalue weighted by Gasteiger charge is 2.33. The van der Waals surface area contributed by atoms with Crippen LogP contribution in [0.4, 0.5) is 4.79 Å². The molecule has 0 atom stereocenters. The molecule has 0 saturated heterocycles. The van der Waals surface area contributed by atoms with Crippen LogP contribution in [0.25, 0.3) is 5.69 Å². The normalized spacial score (nSPS) is 20.1. The monoisotopic (exact) mass is 516 g/mol. The number of amides is 1. The van der Waals surface area contributed by atoms with Crippen molar-refractivity contribution in [2.45, 2.75) is 123 Å². The van der Waals surface area contributed by atoms with Crippen LogP contribution in [0, 0.1) is 0 Å². The molecule has 1 fully saturated rings. The van der Waals surface area contributed by atoms with Crippen LogP contribution < -0.4 is 0 Å². The van der Waals surface area contributed by atoms with Gasteiger partial charge in [0.05, 0.1) is 31.0 Å². The highest BCUT2D eigenvalue weighted by molar-refractivity contribution is 6.30. The Bertz CT molecular complexity index is 1030. The van der Waals surface area contributed by atoms with Gasteiger partial charge >= 0.3 is 6.09 Å². The average Bonchev–Trinajstić information content (AvgIpc) is 3.14. The quantitative estimate of drug-likeness (QED) is 0.389. The summed E-state index contributed by atoms with van der Waals surface area (Å²) in [6.45, 7) is 10.8. The summed E-state index contributed by atoms with van der Waals surface area (Å²) in [5.74, 6) is 2.02. The predicted molar refractivity (Wildman–Crippen MR) is 142 cm³/mol. The van der Waals surface area contributed by atoms with E-state index >= 15 is 0 Å². The third-order valence-electron chi connectivity index (χ3n) is 7.03. The molecular formula is C28H41ClN4O3. The molecule has 0 N–H and O–H groups in total. The van der Waals surface area contributed by atoms with Crippen molar-refractivity contribution in [1.29, 1.82) is 0 Å². The van der Waals surface area contributed by atoms with Crippen LogP contribution in [0.1, 0.15) is 109 Å². The fourth-order valence-electron chi connectivity index (χ4n) is 5.40. The summed E-state index contributed by atoms with van der Waals surface area (Å²) in [6, 6.07) is 5.84. The lowest BCUT2D eigenvalue weighted by atomic mass is 9.86. The van der Waals surface area contributed by atoms with Gasteiger partial charge in [-0.05, 0) is 83.1 Å². The molecule has 2 aromatic rings. The second-order valence-electron chi connectivity index (χ2n) is 11.2. The van der Waals surface area contributed by atoms with Gasteiger partial charge < -0.3 is 9.47 Å². The molecule has 1 amide bonds. The molecule has 0 bridgehead atoms. The summed E-state index contributed by atoms with van der Waals surface area (Å²) in [5.41, 5.74) is 1.38. The van der Waals surface area contributed by atoms with E-state index in [1.165, 1.54) is 0 Å². The molecule has 7 nitrogen and oxygen atoms in total. The number of carbonyl (C=O) groups excluding carboxylic acids is 1. The maximum atomic E-state index is 13.0. The molecule has 4 rings (SSSR count). The number of carbonyl (C=O) groups is 1. The van der Waals surface area contributed by atoms with E-state index in [9.17, 15) is 4.79 Å². The number of fused-ring (bicyclic) bond motifs is 3. The van der Waals surface area contributed by atoms with E-state index < -0.39 is 5.60 Å². The first-order valence-corrected chi connectivity index (χ1v) is 13.9. The minimum absolute atomic E-state index is 0.304. The van der Waals surface area contributed by atoms with E-state index in [2.05, 4.69) is 28.6 Å². The lowest BCUT2D eigenvalue weighted by Crippen LogP contribution is -2.35. The largest absolute Gasteiger partial charge is 0.444 e. The van der Waals surface area contributed by atoms with Gasteiger partial charge in [0, 0.05) is 10.9 Å². The summed E-state index contributed by atoms with van der Waals surface area (Å²) in [7, 11) is 0. The molecule has 1 saturated carbocycles. The number of benzene rings is 1. The molecule has 0 spiro atoms. The lowest BCUT2D eigenvalue weighted by Gasteiger charge is -2.31. The Kier molecular flexibility index (Phi) is 8.61. The van der Waals surface area contributed by atoms with Gasteiger partial charge in [-0.15, -0.1) is 10.2 Å². The average molecular weight is 517 g/mol. The molecule has 0 radical (unpaired) electrons. The van der Waals surface area contributed by atoms with Gasteiger partial charge in [-0.1, -0.05) is 38.3 Å². The first-order chi connectivity index (χ1) is 17.2. The molecule has 1 aliphatic carbocycles. The van der Waals surface area contributed by atoms with Gasteiger partial charge in [0.1, 0.15) is 11.4 Å². The summed E-state index contributed by atoms with van der Waals surface area (Å²) in [4.78, 5) is 14.7. The van der Waals surface area contributed by atoms with Crippen LogP contribution >= 0.6 is 11.6 Å².